The molecule has 2 fully saturated rings. The lowest BCUT2D eigenvalue weighted by Crippen LogP contribution is -2.52. The first-order valence-electron chi connectivity index (χ1n) is 11.0. The average Bonchev–Trinajstić information content (AvgIpc) is 3.44. The Morgan fingerprint density at radius 1 is 1.13 bits per heavy atom. The van der Waals surface area contributed by atoms with Crippen LogP contribution in [0.1, 0.15) is 44.3 Å². The lowest BCUT2D eigenvalue weighted by molar-refractivity contribution is -0.133. The van der Waals surface area contributed by atoms with E-state index in [9.17, 15) is 9.59 Å². The molecule has 1 amide bonds. The molecule has 0 N–H and O–H groups in total. The minimum Gasteiger partial charge on any atom is -0.340 e. The number of carbonyl (C=O) groups is 1. The van der Waals surface area contributed by atoms with Crippen LogP contribution in [0.4, 0.5) is 0 Å². The Hall–Kier alpha value is -2.26. The lowest BCUT2D eigenvalue weighted by atomic mass is 9.94. The maximum Gasteiger partial charge on any atom is 0.272 e. The van der Waals surface area contributed by atoms with Gasteiger partial charge in [-0.3, -0.25) is 23.5 Å². The fourth-order valence-electron chi connectivity index (χ4n) is 4.97. The minimum atomic E-state index is -0.0571. The number of hydrogen-bond donors (Lipinski definition) is 0. The summed E-state index contributed by atoms with van der Waals surface area (Å²) >= 11 is 1.42. The average molecular weight is 429 g/mol. The molecule has 160 valence electrons. The topological polar surface area (TPSA) is 75.7 Å². The molecule has 1 saturated carbocycles. The summed E-state index contributed by atoms with van der Waals surface area (Å²) in [5, 5.41) is 10.4. The normalized spacial score (nSPS) is 19.2. The summed E-state index contributed by atoms with van der Waals surface area (Å²) in [5.74, 6) is 1.44. The number of hydrogen-bond acceptors (Lipinski definition) is 6. The van der Waals surface area contributed by atoms with Gasteiger partial charge in [-0.1, -0.05) is 19.3 Å². The molecule has 0 bridgehead atoms. The first-order valence-corrected chi connectivity index (χ1v) is 11.8. The summed E-state index contributed by atoms with van der Waals surface area (Å²) in [6, 6.07) is 2.64. The smallest absolute Gasteiger partial charge is 0.272 e. The van der Waals surface area contributed by atoms with Gasteiger partial charge in [-0.05, 0) is 24.3 Å². The molecule has 5 rings (SSSR count). The second kappa shape index (κ2) is 8.11. The SMILES string of the molecule is Cn1c(=O)c2sccc2n2c(CCC(=O)N3CCN(C4CCCCC4)CC3)nnc12. The first-order chi connectivity index (χ1) is 14.6. The lowest BCUT2D eigenvalue weighted by Gasteiger charge is -2.40. The second-order valence-corrected chi connectivity index (χ2v) is 9.38. The molecule has 9 heteroatoms. The number of carbonyl (C=O) groups excluding carboxylic acids is 1. The van der Waals surface area contributed by atoms with Gasteiger partial charge in [0, 0.05) is 52.1 Å². The third kappa shape index (κ3) is 3.43. The number of thiophene rings is 1. The Labute approximate surface area is 179 Å². The monoisotopic (exact) mass is 428 g/mol. The number of rotatable bonds is 4. The minimum absolute atomic E-state index is 0.0571. The Balaban J connectivity index is 1.25. The molecule has 1 saturated heterocycles. The Morgan fingerprint density at radius 2 is 1.90 bits per heavy atom. The van der Waals surface area contributed by atoms with E-state index >= 15 is 0 Å². The van der Waals surface area contributed by atoms with E-state index in [4.69, 9.17) is 0 Å². The maximum atomic E-state index is 12.8. The number of piperazine rings is 1. The van der Waals surface area contributed by atoms with E-state index in [0.29, 0.717) is 23.3 Å². The van der Waals surface area contributed by atoms with Crippen LogP contribution in [0.15, 0.2) is 16.2 Å². The zero-order chi connectivity index (χ0) is 20.7. The van der Waals surface area contributed by atoms with Gasteiger partial charge >= 0.3 is 0 Å². The van der Waals surface area contributed by atoms with Crippen LogP contribution in [0.25, 0.3) is 16.0 Å². The van der Waals surface area contributed by atoms with Gasteiger partial charge < -0.3 is 4.90 Å². The molecule has 0 radical (unpaired) electrons. The van der Waals surface area contributed by atoms with Crippen LogP contribution in [0.2, 0.25) is 0 Å². The first kappa shape index (κ1) is 19.7. The molecule has 0 atom stereocenters. The summed E-state index contributed by atoms with van der Waals surface area (Å²) in [6.07, 6.45) is 7.63. The van der Waals surface area contributed by atoms with E-state index in [0.717, 1.165) is 43.6 Å². The molecule has 0 spiro atoms. The van der Waals surface area contributed by atoms with Crippen LogP contribution in [0.5, 0.6) is 0 Å². The largest absolute Gasteiger partial charge is 0.340 e. The summed E-state index contributed by atoms with van der Waals surface area (Å²) in [6.45, 7) is 3.61. The number of fused-ring (bicyclic) bond motifs is 3. The molecular weight excluding hydrogens is 400 g/mol. The van der Waals surface area contributed by atoms with Gasteiger partial charge in [0.2, 0.25) is 11.7 Å². The standard InChI is InChI=1S/C21H28N6O2S/c1-24-20(29)19-16(9-14-30-19)27-17(22-23-21(24)27)7-8-18(28)26-12-10-25(11-13-26)15-5-3-2-4-6-15/h9,14-15H,2-8,10-13H2,1H3. The van der Waals surface area contributed by atoms with Gasteiger partial charge in [0.25, 0.3) is 5.56 Å². The fourth-order valence-corrected chi connectivity index (χ4v) is 5.83. The second-order valence-electron chi connectivity index (χ2n) is 8.46. The third-order valence-electron chi connectivity index (χ3n) is 6.72. The number of nitrogens with zero attached hydrogens (tertiary/aromatic N) is 6. The van der Waals surface area contributed by atoms with E-state index < -0.39 is 0 Å². The molecule has 3 aromatic heterocycles. The van der Waals surface area contributed by atoms with E-state index in [-0.39, 0.29) is 11.5 Å². The number of amides is 1. The molecule has 3 aromatic rings. The van der Waals surface area contributed by atoms with Crippen molar-refractivity contribution in [1.82, 2.24) is 29.0 Å². The van der Waals surface area contributed by atoms with E-state index in [1.807, 2.05) is 20.7 Å². The quantitative estimate of drug-likeness (QED) is 0.636. The molecule has 0 unspecified atom stereocenters. The van der Waals surface area contributed by atoms with Crippen molar-refractivity contribution in [2.24, 2.45) is 7.05 Å². The van der Waals surface area contributed by atoms with Crippen LogP contribution in [-0.4, -0.2) is 67.1 Å². The van der Waals surface area contributed by atoms with Crippen LogP contribution in [0, 0.1) is 0 Å². The Bertz CT molecular complexity index is 1120. The summed E-state index contributed by atoms with van der Waals surface area (Å²) in [4.78, 5) is 29.9. The van der Waals surface area contributed by atoms with E-state index in [2.05, 4.69) is 15.1 Å². The molecule has 2 aliphatic rings. The van der Waals surface area contributed by atoms with Crippen molar-refractivity contribution in [2.75, 3.05) is 26.2 Å². The predicted molar refractivity (Wildman–Crippen MR) is 117 cm³/mol. The van der Waals surface area contributed by atoms with Gasteiger partial charge in [-0.15, -0.1) is 21.5 Å². The molecule has 1 aliphatic heterocycles. The molecule has 8 nitrogen and oxygen atoms in total. The summed E-state index contributed by atoms with van der Waals surface area (Å²) < 4.78 is 4.14. The van der Waals surface area contributed by atoms with Crippen LogP contribution in [-0.2, 0) is 18.3 Å². The van der Waals surface area contributed by atoms with Gasteiger partial charge in [-0.25, -0.2) is 0 Å². The van der Waals surface area contributed by atoms with Crippen molar-refractivity contribution in [1.29, 1.82) is 0 Å². The van der Waals surface area contributed by atoms with Crippen molar-refractivity contribution < 1.29 is 4.79 Å². The molecule has 0 aromatic carbocycles. The van der Waals surface area contributed by atoms with Crippen molar-refractivity contribution in [3.63, 3.8) is 0 Å². The Morgan fingerprint density at radius 3 is 2.67 bits per heavy atom. The maximum absolute atomic E-state index is 12.8. The highest BCUT2D eigenvalue weighted by atomic mass is 32.1. The molecule has 1 aliphatic carbocycles. The van der Waals surface area contributed by atoms with Gasteiger partial charge in [0.1, 0.15) is 10.5 Å². The van der Waals surface area contributed by atoms with Crippen LogP contribution < -0.4 is 5.56 Å². The van der Waals surface area contributed by atoms with Crippen molar-refractivity contribution in [3.05, 3.63) is 27.6 Å². The van der Waals surface area contributed by atoms with E-state index in [1.165, 1.54) is 48.0 Å². The van der Waals surface area contributed by atoms with Crippen molar-refractivity contribution >= 4 is 33.2 Å². The molecule has 4 heterocycles. The van der Waals surface area contributed by atoms with Gasteiger partial charge in [0.15, 0.2) is 0 Å². The van der Waals surface area contributed by atoms with Gasteiger partial charge in [0.05, 0.1) is 5.52 Å². The van der Waals surface area contributed by atoms with Crippen molar-refractivity contribution in [3.8, 4) is 0 Å². The highest BCUT2D eigenvalue weighted by Crippen LogP contribution is 2.24. The summed E-state index contributed by atoms with van der Waals surface area (Å²) in [5.41, 5.74) is 0.769. The molecular formula is C21H28N6O2S. The van der Waals surface area contributed by atoms with Crippen LogP contribution >= 0.6 is 11.3 Å². The third-order valence-corrected chi connectivity index (χ3v) is 7.61. The Kier molecular flexibility index (Phi) is 5.32. The number of aryl methyl sites for hydroxylation is 2. The zero-order valence-corrected chi connectivity index (χ0v) is 18.2. The zero-order valence-electron chi connectivity index (χ0n) is 17.4. The van der Waals surface area contributed by atoms with Crippen molar-refractivity contribution in [2.45, 2.75) is 51.0 Å². The van der Waals surface area contributed by atoms with Gasteiger partial charge in [-0.2, -0.15) is 0 Å². The highest BCUT2D eigenvalue weighted by molar-refractivity contribution is 7.17. The molecule has 30 heavy (non-hydrogen) atoms. The summed E-state index contributed by atoms with van der Waals surface area (Å²) in [7, 11) is 1.71. The van der Waals surface area contributed by atoms with Crippen LogP contribution in [0.3, 0.4) is 0 Å². The fraction of sp³-hybridized carbons (Fsp3) is 0.619. The predicted octanol–water partition coefficient (Wildman–Crippen LogP) is 2.05. The highest BCUT2D eigenvalue weighted by Gasteiger charge is 2.27. The van der Waals surface area contributed by atoms with E-state index in [1.54, 1.807) is 7.05 Å². The number of aromatic nitrogens is 4.